The van der Waals surface area contributed by atoms with E-state index in [-0.39, 0.29) is 6.61 Å². The van der Waals surface area contributed by atoms with Gasteiger partial charge in [-0.05, 0) is 6.42 Å². The van der Waals surface area contributed by atoms with Gasteiger partial charge in [-0.1, -0.05) is 39.0 Å². The molecule has 0 N–H and O–H groups in total. The number of alkyl halides is 3. The second-order valence-electron chi connectivity index (χ2n) is 4.39. The zero-order valence-corrected chi connectivity index (χ0v) is 12.0. The molecule has 4 nitrogen and oxygen atoms in total. The fraction of sp³-hybridized carbons (Fsp3) is 0.714. The minimum atomic E-state index is -3.41. The van der Waals surface area contributed by atoms with Crippen LogP contribution in [0.25, 0.3) is 0 Å². The molecule has 0 aliphatic heterocycles. The predicted molar refractivity (Wildman–Crippen MR) is 70.5 cm³/mol. The molecule has 0 aromatic rings. The zero-order chi connectivity index (χ0) is 16.1. The van der Waals surface area contributed by atoms with Crippen LogP contribution in [0.2, 0.25) is 0 Å². The summed E-state index contributed by atoms with van der Waals surface area (Å²) in [6, 6.07) is 0. The molecule has 0 heterocycles. The van der Waals surface area contributed by atoms with Crippen LogP contribution in [-0.2, 0) is 19.1 Å². The van der Waals surface area contributed by atoms with Crippen molar-refractivity contribution in [2.75, 3.05) is 6.61 Å². The summed E-state index contributed by atoms with van der Waals surface area (Å²) >= 11 is 0. The van der Waals surface area contributed by atoms with E-state index in [2.05, 4.69) is 11.7 Å². The molecule has 0 aliphatic carbocycles. The summed E-state index contributed by atoms with van der Waals surface area (Å²) in [6.45, 7) is 2.33. The molecule has 0 aromatic heterocycles. The van der Waals surface area contributed by atoms with Crippen molar-refractivity contribution >= 4 is 11.9 Å². The van der Waals surface area contributed by atoms with Gasteiger partial charge >= 0.3 is 24.7 Å². The highest BCUT2D eigenvalue weighted by atomic mass is 19.3. The smallest absolute Gasteiger partial charge is 0.333 e. The largest absolute Gasteiger partial charge is 0.463 e. The molecule has 0 radical (unpaired) electrons. The highest BCUT2D eigenvalue weighted by molar-refractivity contribution is 5.91. The second kappa shape index (κ2) is 12.2. The first-order valence-electron chi connectivity index (χ1n) is 6.95. The van der Waals surface area contributed by atoms with Gasteiger partial charge in [0.2, 0.25) is 0 Å². The Morgan fingerprint density at radius 1 is 0.952 bits per heavy atom. The summed E-state index contributed by atoms with van der Waals surface area (Å²) in [7, 11) is 0. The van der Waals surface area contributed by atoms with Gasteiger partial charge < -0.3 is 9.47 Å². The highest BCUT2D eigenvalue weighted by Gasteiger charge is 2.22. The van der Waals surface area contributed by atoms with E-state index in [1.165, 1.54) is 6.42 Å². The Hall–Kier alpha value is -1.53. The Kier molecular flexibility index (Phi) is 11.3. The van der Waals surface area contributed by atoms with Gasteiger partial charge in [0.05, 0.1) is 6.61 Å². The minimum absolute atomic E-state index is 0.215. The van der Waals surface area contributed by atoms with Gasteiger partial charge in [0, 0.05) is 12.2 Å². The van der Waals surface area contributed by atoms with Gasteiger partial charge in [0.25, 0.3) is 0 Å². The fourth-order valence-corrected chi connectivity index (χ4v) is 1.44. The lowest BCUT2D eigenvalue weighted by molar-refractivity contribution is -0.168. The van der Waals surface area contributed by atoms with Crippen LogP contribution in [0.4, 0.5) is 13.2 Å². The van der Waals surface area contributed by atoms with Gasteiger partial charge in [0.1, 0.15) is 0 Å². The lowest BCUT2D eigenvalue weighted by Gasteiger charge is -2.06. The lowest BCUT2D eigenvalue weighted by atomic mass is 10.1. The predicted octanol–water partition coefficient (Wildman–Crippen LogP) is 3.55. The molecule has 21 heavy (non-hydrogen) atoms. The molecular weight excluding hydrogens is 289 g/mol. The normalized spacial score (nSPS) is 12.6. The van der Waals surface area contributed by atoms with Crippen LogP contribution >= 0.6 is 0 Å². The molecule has 1 atom stereocenters. The van der Waals surface area contributed by atoms with Crippen LogP contribution in [0.3, 0.4) is 0 Å². The third kappa shape index (κ3) is 12.0. The van der Waals surface area contributed by atoms with E-state index in [1.54, 1.807) is 0 Å². The number of carbonyl (C=O) groups is 2. The summed E-state index contributed by atoms with van der Waals surface area (Å²) in [6.07, 6.45) is 1.06. The molecule has 7 heteroatoms. The standard InChI is InChI=1S/C14H21F3O4/c1-2-3-4-5-6-7-10-20-11(18)8-9-12(19)21-14(17)13(15)16/h8-9,13-14H,2-7,10H2,1H3/b9-8+. The monoisotopic (exact) mass is 310 g/mol. The number of unbranched alkanes of at least 4 members (excludes halogenated alkanes) is 5. The average Bonchev–Trinajstić information content (AvgIpc) is 2.44. The quantitative estimate of drug-likeness (QED) is 0.333. The Labute approximate surface area is 122 Å². The van der Waals surface area contributed by atoms with Crippen molar-refractivity contribution in [3.8, 4) is 0 Å². The maximum atomic E-state index is 12.3. The number of halogens is 3. The molecule has 0 fully saturated rings. The fourth-order valence-electron chi connectivity index (χ4n) is 1.44. The van der Waals surface area contributed by atoms with Gasteiger partial charge in [-0.15, -0.1) is 0 Å². The van der Waals surface area contributed by atoms with Crippen LogP contribution in [-0.4, -0.2) is 31.3 Å². The van der Waals surface area contributed by atoms with Gasteiger partial charge in [-0.3, -0.25) is 0 Å². The molecule has 1 unspecified atom stereocenters. The number of hydrogen-bond acceptors (Lipinski definition) is 4. The van der Waals surface area contributed by atoms with Gasteiger partial charge in [0.15, 0.2) is 0 Å². The third-order valence-corrected chi connectivity index (χ3v) is 2.52. The molecule has 0 bridgehead atoms. The molecule has 122 valence electrons. The van der Waals surface area contributed by atoms with E-state index in [4.69, 9.17) is 4.74 Å². The number of ether oxygens (including phenoxy) is 2. The molecule has 0 spiro atoms. The Balaban J connectivity index is 3.69. The van der Waals surface area contributed by atoms with Crippen LogP contribution in [0.5, 0.6) is 0 Å². The number of carbonyl (C=O) groups excluding carboxylic acids is 2. The molecule has 0 aliphatic rings. The SMILES string of the molecule is CCCCCCCCOC(=O)/C=C/C(=O)OC(F)C(F)F. The summed E-state index contributed by atoms with van der Waals surface area (Å²) in [5.74, 6) is -2.16. The van der Waals surface area contributed by atoms with Crippen molar-refractivity contribution in [3.63, 3.8) is 0 Å². The van der Waals surface area contributed by atoms with E-state index in [0.29, 0.717) is 12.5 Å². The van der Waals surface area contributed by atoms with E-state index in [9.17, 15) is 22.8 Å². The maximum absolute atomic E-state index is 12.3. The average molecular weight is 310 g/mol. The van der Waals surface area contributed by atoms with Crippen molar-refractivity contribution < 1.29 is 32.2 Å². The first-order chi connectivity index (χ1) is 9.97. The summed E-state index contributed by atoms with van der Waals surface area (Å²) in [5.41, 5.74) is 0. The van der Waals surface area contributed by atoms with Crippen LogP contribution in [0.1, 0.15) is 45.4 Å². The Morgan fingerprint density at radius 2 is 1.52 bits per heavy atom. The van der Waals surface area contributed by atoms with Crippen LogP contribution in [0.15, 0.2) is 12.2 Å². The number of hydrogen-bond donors (Lipinski definition) is 0. The number of rotatable bonds is 11. The van der Waals surface area contributed by atoms with E-state index >= 15 is 0 Å². The Morgan fingerprint density at radius 3 is 2.14 bits per heavy atom. The number of esters is 2. The van der Waals surface area contributed by atoms with Crippen molar-refractivity contribution in [2.24, 2.45) is 0 Å². The molecule has 0 saturated carbocycles. The third-order valence-electron chi connectivity index (χ3n) is 2.52. The van der Waals surface area contributed by atoms with Gasteiger partial charge in [-0.25, -0.2) is 18.4 Å². The molecular formula is C14H21F3O4. The molecule has 0 aromatic carbocycles. The second-order valence-corrected chi connectivity index (χ2v) is 4.39. The molecule has 0 rings (SSSR count). The van der Waals surface area contributed by atoms with Crippen molar-refractivity contribution in [2.45, 2.75) is 58.2 Å². The minimum Gasteiger partial charge on any atom is -0.463 e. The first-order valence-corrected chi connectivity index (χ1v) is 6.95. The van der Waals surface area contributed by atoms with Crippen LogP contribution in [0, 0.1) is 0 Å². The highest BCUT2D eigenvalue weighted by Crippen LogP contribution is 2.07. The van der Waals surface area contributed by atoms with E-state index < -0.39 is 24.7 Å². The summed E-state index contributed by atoms with van der Waals surface area (Å²) < 4.78 is 44.3. The van der Waals surface area contributed by atoms with Crippen molar-refractivity contribution in [3.05, 3.63) is 12.2 Å². The van der Waals surface area contributed by atoms with E-state index in [1.807, 2.05) is 0 Å². The maximum Gasteiger partial charge on any atom is 0.333 e. The first kappa shape index (κ1) is 19.5. The topological polar surface area (TPSA) is 52.6 Å². The van der Waals surface area contributed by atoms with E-state index in [0.717, 1.165) is 31.8 Å². The van der Waals surface area contributed by atoms with Gasteiger partial charge in [-0.2, -0.15) is 4.39 Å². The molecule has 0 saturated heterocycles. The Bertz CT molecular complexity index is 332. The lowest BCUT2D eigenvalue weighted by Crippen LogP contribution is -2.19. The van der Waals surface area contributed by atoms with Crippen molar-refractivity contribution in [1.82, 2.24) is 0 Å². The zero-order valence-electron chi connectivity index (χ0n) is 12.0. The molecule has 0 amide bonds. The van der Waals surface area contributed by atoms with Crippen LogP contribution < -0.4 is 0 Å². The summed E-state index contributed by atoms with van der Waals surface area (Å²) in [5, 5.41) is 0. The summed E-state index contributed by atoms with van der Waals surface area (Å²) in [4.78, 5) is 22.0. The van der Waals surface area contributed by atoms with Crippen molar-refractivity contribution in [1.29, 1.82) is 0 Å².